The summed E-state index contributed by atoms with van der Waals surface area (Å²) in [6.07, 6.45) is 4.94. The number of anilines is 1. The Morgan fingerprint density at radius 1 is 1.04 bits per heavy atom. The quantitative estimate of drug-likeness (QED) is 0.178. The van der Waals surface area contributed by atoms with Gasteiger partial charge in [-0.05, 0) is 77.1 Å². The van der Waals surface area contributed by atoms with E-state index in [1.165, 1.54) is 12.4 Å². The minimum atomic E-state index is -1.16. The second-order valence-corrected chi connectivity index (χ2v) is 14.8. The molecule has 2 aromatic carbocycles. The fourth-order valence-electron chi connectivity index (χ4n) is 7.54. The van der Waals surface area contributed by atoms with Crippen LogP contribution < -0.4 is 10.5 Å². The first kappa shape index (κ1) is 37.1. The molecule has 1 unspecified atom stereocenters. The van der Waals surface area contributed by atoms with Crippen LogP contribution in [0.1, 0.15) is 58.9 Å². The number of ether oxygens (including phenoxy) is 2. The Balaban J connectivity index is 1.15. The summed E-state index contributed by atoms with van der Waals surface area (Å²) in [5.74, 6) is 0.434. The minimum Gasteiger partial charge on any atom is -0.457 e. The number of carbonyl (C=O) groups excluding carboxylic acids is 1. The van der Waals surface area contributed by atoms with E-state index < -0.39 is 11.2 Å². The molecule has 2 fully saturated rings. The Labute approximate surface area is 305 Å². The number of hydrogen-bond donors (Lipinski definition) is 1. The number of hydrogen-bond acceptors (Lipinski definition) is 10. The number of methoxy groups -OCH3 is 1. The summed E-state index contributed by atoms with van der Waals surface area (Å²) in [7, 11) is 1.74. The molecule has 0 saturated carbocycles. The summed E-state index contributed by atoms with van der Waals surface area (Å²) in [5.41, 5.74) is 6.18. The van der Waals surface area contributed by atoms with Crippen LogP contribution in [-0.2, 0) is 9.53 Å². The Morgan fingerprint density at radius 2 is 1.81 bits per heavy atom. The van der Waals surface area contributed by atoms with Crippen LogP contribution in [0.4, 0.5) is 10.2 Å². The number of nitriles is 1. The molecule has 0 bridgehead atoms. The number of benzene rings is 2. The molecule has 2 aromatic heterocycles. The van der Waals surface area contributed by atoms with Crippen molar-refractivity contribution < 1.29 is 18.7 Å². The van der Waals surface area contributed by atoms with Gasteiger partial charge in [-0.1, -0.05) is 18.2 Å². The van der Waals surface area contributed by atoms with Crippen molar-refractivity contribution in [2.75, 3.05) is 65.3 Å². The number of para-hydroxylation sites is 1. The number of carbonyl (C=O) groups is 1. The van der Waals surface area contributed by atoms with Crippen molar-refractivity contribution in [2.24, 2.45) is 5.41 Å². The smallest absolute Gasteiger partial charge is 0.242 e. The van der Waals surface area contributed by atoms with Crippen LogP contribution in [-0.4, -0.2) is 105 Å². The molecule has 1 amide bonds. The maximum atomic E-state index is 15.7. The van der Waals surface area contributed by atoms with Gasteiger partial charge in [-0.2, -0.15) is 10.4 Å². The molecule has 276 valence electrons. The molecule has 12 nitrogen and oxygen atoms in total. The van der Waals surface area contributed by atoms with Gasteiger partial charge in [0.05, 0.1) is 24.1 Å². The molecule has 0 radical (unpaired) electrons. The lowest BCUT2D eigenvalue weighted by molar-refractivity contribution is -0.140. The third-order valence-corrected chi connectivity index (χ3v) is 10.7. The van der Waals surface area contributed by atoms with E-state index in [2.05, 4.69) is 39.7 Å². The third kappa shape index (κ3) is 8.04. The molecular weight excluding hydrogens is 661 g/mol. The second-order valence-electron chi connectivity index (χ2n) is 14.8. The molecule has 2 saturated heterocycles. The number of rotatable bonds is 13. The van der Waals surface area contributed by atoms with Gasteiger partial charge in [0.2, 0.25) is 5.91 Å². The normalized spacial score (nSPS) is 18.6. The van der Waals surface area contributed by atoms with Crippen molar-refractivity contribution in [1.82, 2.24) is 34.4 Å². The van der Waals surface area contributed by atoms with Crippen molar-refractivity contribution in [3.05, 3.63) is 60.7 Å². The maximum Gasteiger partial charge on any atom is 0.242 e. The topological polar surface area (TPSA) is 139 Å². The Morgan fingerprint density at radius 3 is 2.52 bits per heavy atom. The summed E-state index contributed by atoms with van der Waals surface area (Å²) in [4.78, 5) is 29.5. The lowest BCUT2D eigenvalue weighted by atomic mass is 9.82. The molecule has 13 heteroatoms. The summed E-state index contributed by atoms with van der Waals surface area (Å²) in [6, 6.07) is 15.9. The van der Waals surface area contributed by atoms with Crippen molar-refractivity contribution in [3.63, 3.8) is 0 Å². The summed E-state index contributed by atoms with van der Waals surface area (Å²) >= 11 is 0. The molecule has 4 heterocycles. The van der Waals surface area contributed by atoms with E-state index in [9.17, 15) is 10.1 Å². The number of fused-ring (bicyclic) bond motifs is 1. The first-order chi connectivity index (χ1) is 25.0. The highest BCUT2D eigenvalue weighted by molar-refractivity contribution is 5.98. The molecular formula is C39H50FN9O3. The Kier molecular flexibility index (Phi) is 11.4. The highest BCUT2D eigenvalue weighted by atomic mass is 19.1. The zero-order valence-corrected chi connectivity index (χ0v) is 30.7. The average Bonchev–Trinajstić information content (AvgIpc) is 3.55. The van der Waals surface area contributed by atoms with Gasteiger partial charge in [-0.15, -0.1) is 0 Å². The number of nitrogens with two attached hydrogens (primary N) is 1. The highest BCUT2D eigenvalue weighted by Crippen LogP contribution is 2.38. The van der Waals surface area contributed by atoms with Crippen LogP contribution in [0.15, 0.2) is 54.9 Å². The zero-order valence-electron chi connectivity index (χ0n) is 30.7. The van der Waals surface area contributed by atoms with E-state index in [1.807, 2.05) is 18.2 Å². The van der Waals surface area contributed by atoms with E-state index in [0.717, 1.165) is 65.0 Å². The molecule has 0 spiro atoms. The van der Waals surface area contributed by atoms with Crippen LogP contribution in [0, 0.1) is 22.6 Å². The van der Waals surface area contributed by atoms with Crippen LogP contribution in [0.25, 0.3) is 22.3 Å². The van der Waals surface area contributed by atoms with Gasteiger partial charge >= 0.3 is 0 Å². The second kappa shape index (κ2) is 15.9. The summed E-state index contributed by atoms with van der Waals surface area (Å²) < 4.78 is 28.5. The fraction of sp³-hybridized carbons (Fsp3) is 0.513. The molecule has 2 aliphatic heterocycles. The molecule has 52 heavy (non-hydrogen) atoms. The zero-order chi connectivity index (χ0) is 36.9. The lowest BCUT2D eigenvalue weighted by Gasteiger charge is -2.44. The third-order valence-electron chi connectivity index (χ3n) is 10.7. The molecule has 2 atom stereocenters. The van der Waals surface area contributed by atoms with E-state index in [4.69, 9.17) is 20.3 Å². The minimum absolute atomic E-state index is 0.0414. The van der Waals surface area contributed by atoms with E-state index in [1.54, 1.807) is 47.9 Å². The molecule has 2 aliphatic rings. The number of piperazine rings is 1. The summed E-state index contributed by atoms with van der Waals surface area (Å²) in [5, 5.41) is 15.7. The van der Waals surface area contributed by atoms with Gasteiger partial charge in [-0.3, -0.25) is 14.6 Å². The van der Waals surface area contributed by atoms with Crippen LogP contribution in [0.3, 0.4) is 0 Å². The number of halogens is 1. The van der Waals surface area contributed by atoms with Crippen LogP contribution in [0.2, 0.25) is 0 Å². The predicted molar refractivity (Wildman–Crippen MR) is 198 cm³/mol. The molecule has 6 rings (SSSR count). The number of likely N-dealkylation sites (tertiary alicyclic amines) is 1. The number of nitrogen functional groups attached to an aromatic ring is 1. The number of piperidine rings is 1. The van der Waals surface area contributed by atoms with Gasteiger partial charge in [0.15, 0.2) is 5.65 Å². The predicted octanol–water partition coefficient (Wildman–Crippen LogP) is 5.91. The standard InChI is InChI=1S/C39H50FN9O3/c1-38(2,48-20-18-46(19-21-48)22-23-51-4)15-9-16-39(3,26-41)37(50)47-17-8-10-28(25-47)49-36-33(35(42)43-27-44-36)34(45-49)31-14-13-30(24-32(31)40)52-29-11-6-5-7-12-29/h5-7,11-14,24,27-28H,8-10,15-23,25H2,1-4H3,(H2,42,43,44)/t28-,39?/m1/s1. The Hall–Kier alpha value is -4.64. The van der Waals surface area contributed by atoms with Crippen molar-refractivity contribution >= 4 is 22.8 Å². The highest BCUT2D eigenvalue weighted by Gasteiger charge is 2.40. The average molecular weight is 712 g/mol. The largest absolute Gasteiger partial charge is 0.457 e. The van der Waals surface area contributed by atoms with Crippen molar-refractivity contribution in [1.29, 1.82) is 5.26 Å². The van der Waals surface area contributed by atoms with Crippen molar-refractivity contribution in [3.8, 4) is 28.8 Å². The first-order valence-electron chi connectivity index (χ1n) is 18.2. The van der Waals surface area contributed by atoms with Crippen LogP contribution in [0.5, 0.6) is 11.5 Å². The maximum absolute atomic E-state index is 15.7. The van der Waals surface area contributed by atoms with Gasteiger partial charge in [0.25, 0.3) is 0 Å². The Bertz CT molecular complexity index is 1890. The van der Waals surface area contributed by atoms with E-state index in [0.29, 0.717) is 47.7 Å². The van der Waals surface area contributed by atoms with E-state index in [-0.39, 0.29) is 28.9 Å². The molecule has 4 aromatic rings. The molecule has 0 aliphatic carbocycles. The van der Waals surface area contributed by atoms with Gasteiger partial charge in [-0.25, -0.2) is 19.0 Å². The van der Waals surface area contributed by atoms with Gasteiger partial charge in [0, 0.05) is 70.1 Å². The molecule has 2 N–H and O–H groups in total. The van der Waals surface area contributed by atoms with Gasteiger partial charge < -0.3 is 20.1 Å². The summed E-state index contributed by atoms with van der Waals surface area (Å²) in [6.45, 7) is 12.9. The monoisotopic (exact) mass is 711 g/mol. The van der Waals surface area contributed by atoms with Crippen molar-refractivity contribution in [2.45, 2.75) is 64.5 Å². The number of amides is 1. The van der Waals surface area contributed by atoms with E-state index >= 15 is 4.39 Å². The SMILES string of the molecule is COCCN1CCN(C(C)(C)CCCC(C)(C#N)C(=O)N2CCC[C@@H](n3nc(-c4ccc(Oc5ccccc5)cc4F)c4c(N)ncnc43)C2)CC1. The number of nitrogens with zero attached hydrogens (tertiary/aromatic N) is 8. The fourth-order valence-corrected chi connectivity index (χ4v) is 7.54. The van der Waals surface area contributed by atoms with Gasteiger partial charge in [0.1, 0.15) is 40.6 Å². The number of aromatic nitrogens is 4. The lowest BCUT2D eigenvalue weighted by Crippen LogP contribution is -2.55. The van der Waals surface area contributed by atoms with Crippen LogP contribution >= 0.6 is 0 Å². The first-order valence-corrected chi connectivity index (χ1v) is 18.2.